The molecule has 3 heterocycles. The van der Waals surface area contributed by atoms with Crippen LogP contribution >= 0.6 is 0 Å². The molecule has 1 unspecified atom stereocenters. The van der Waals surface area contributed by atoms with Gasteiger partial charge < -0.3 is 19.4 Å². The maximum Gasteiger partial charge on any atom is 0.410 e. The lowest BCUT2D eigenvalue weighted by atomic mass is 9.75. The number of aryl methyl sites for hydroxylation is 2. The molecule has 206 valence electrons. The summed E-state index contributed by atoms with van der Waals surface area (Å²) in [6, 6.07) is 6.59. The van der Waals surface area contributed by atoms with Gasteiger partial charge in [-0.3, -0.25) is 9.69 Å². The summed E-state index contributed by atoms with van der Waals surface area (Å²) >= 11 is 0. The van der Waals surface area contributed by atoms with Crippen LogP contribution in [0.5, 0.6) is 0 Å². The summed E-state index contributed by atoms with van der Waals surface area (Å²) in [6.45, 7) is 12.3. The minimum Gasteiger partial charge on any atom is -0.442 e. The number of likely N-dealkylation sites (tertiary alicyclic amines) is 2. The van der Waals surface area contributed by atoms with E-state index >= 15 is 0 Å². The lowest BCUT2D eigenvalue weighted by Crippen LogP contribution is -2.61. The van der Waals surface area contributed by atoms with Crippen molar-refractivity contribution in [2.24, 2.45) is 5.92 Å². The van der Waals surface area contributed by atoms with Crippen LogP contribution in [-0.2, 0) is 4.74 Å². The molecular formula is C30H48N4O3. The zero-order valence-corrected chi connectivity index (χ0v) is 23.8. The zero-order valence-electron chi connectivity index (χ0n) is 23.8. The second-order valence-corrected chi connectivity index (χ2v) is 11.8. The molecule has 0 aromatic heterocycles. The van der Waals surface area contributed by atoms with Gasteiger partial charge in [-0.05, 0) is 58.3 Å². The van der Waals surface area contributed by atoms with E-state index < -0.39 is 0 Å². The molecule has 1 aromatic rings. The highest BCUT2D eigenvalue weighted by Crippen LogP contribution is 2.41. The van der Waals surface area contributed by atoms with Gasteiger partial charge >= 0.3 is 6.09 Å². The van der Waals surface area contributed by atoms with Crippen LogP contribution in [0, 0.1) is 19.8 Å². The standard InChI is InChI=1S/C30H48N4O3/c1-6-7-11-25-22-34(21-20-31(4)5)29(36)37-30(25)14-18-32(19-15-30)26-12-16-33(17-13-26)28(35)27-23(2)9-8-10-24(27)3/h8-10,25-26H,6-7,11-22H2,1-5H3. The number of hydrogen-bond donors (Lipinski definition) is 0. The molecule has 3 fully saturated rings. The van der Waals surface area contributed by atoms with Gasteiger partial charge in [0, 0.05) is 76.2 Å². The first kappa shape index (κ1) is 27.9. The highest BCUT2D eigenvalue weighted by Gasteiger charge is 2.50. The minimum atomic E-state index is -0.309. The summed E-state index contributed by atoms with van der Waals surface area (Å²) in [5.74, 6) is 0.588. The minimum absolute atomic E-state index is 0.124. The van der Waals surface area contributed by atoms with E-state index in [9.17, 15) is 9.59 Å². The van der Waals surface area contributed by atoms with Crippen molar-refractivity contribution in [2.45, 2.75) is 77.4 Å². The van der Waals surface area contributed by atoms with Crippen molar-refractivity contribution in [3.63, 3.8) is 0 Å². The molecule has 3 aliphatic rings. The summed E-state index contributed by atoms with van der Waals surface area (Å²) in [6.07, 6.45) is 7.24. The molecule has 1 aromatic carbocycles. The number of nitrogens with zero attached hydrogens (tertiary/aromatic N) is 4. The molecule has 37 heavy (non-hydrogen) atoms. The maximum absolute atomic E-state index is 13.2. The Morgan fingerprint density at radius 1 is 1.08 bits per heavy atom. The van der Waals surface area contributed by atoms with E-state index in [0.717, 1.165) is 94.6 Å². The second kappa shape index (κ2) is 12.2. The van der Waals surface area contributed by atoms with Crippen molar-refractivity contribution in [1.82, 2.24) is 19.6 Å². The number of likely N-dealkylation sites (N-methyl/N-ethyl adjacent to an activating group) is 1. The molecule has 0 radical (unpaired) electrons. The number of amides is 2. The summed E-state index contributed by atoms with van der Waals surface area (Å²) < 4.78 is 6.31. The predicted octanol–water partition coefficient (Wildman–Crippen LogP) is 4.56. The fourth-order valence-corrected chi connectivity index (χ4v) is 6.66. The summed E-state index contributed by atoms with van der Waals surface area (Å²) in [5.41, 5.74) is 2.69. The van der Waals surface area contributed by atoms with E-state index in [1.54, 1.807) is 0 Å². The summed E-state index contributed by atoms with van der Waals surface area (Å²) in [5, 5.41) is 0. The third-order valence-electron chi connectivity index (χ3n) is 9.06. The average Bonchev–Trinajstić information content (AvgIpc) is 2.88. The Bertz CT molecular complexity index is 913. The molecule has 7 nitrogen and oxygen atoms in total. The van der Waals surface area contributed by atoms with Crippen molar-refractivity contribution in [1.29, 1.82) is 0 Å². The highest BCUT2D eigenvalue weighted by atomic mass is 16.6. The van der Waals surface area contributed by atoms with Gasteiger partial charge in [-0.25, -0.2) is 4.79 Å². The maximum atomic E-state index is 13.2. The number of unbranched alkanes of at least 4 members (excludes halogenated alkanes) is 1. The fraction of sp³-hybridized carbons (Fsp3) is 0.733. The van der Waals surface area contributed by atoms with Crippen LogP contribution in [0.25, 0.3) is 0 Å². The Hall–Kier alpha value is -2.12. The van der Waals surface area contributed by atoms with Crippen LogP contribution in [0.15, 0.2) is 18.2 Å². The van der Waals surface area contributed by atoms with Crippen molar-refractivity contribution in [3.8, 4) is 0 Å². The molecule has 7 heteroatoms. The molecule has 0 saturated carbocycles. The first-order chi connectivity index (χ1) is 17.7. The van der Waals surface area contributed by atoms with E-state index in [1.807, 2.05) is 55.9 Å². The van der Waals surface area contributed by atoms with Crippen LogP contribution < -0.4 is 0 Å². The Balaban J connectivity index is 1.33. The number of benzene rings is 1. The van der Waals surface area contributed by atoms with Gasteiger partial charge in [0.25, 0.3) is 5.91 Å². The Morgan fingerprint density at radius 2 is 1.73 bits per heavy atom. The number of rotatable bonds is 8. The summed E-state index contributed by atoms with van der Waals surface area (Å²) in [4.78, 5) is 34.9. The third-order valence-corrected chi connectivity index (χ3v) is 9.06. The number of ether oxygens (including phenoxy) is 1. The van der Waals surface area contributed by atoms with E-state index in [4.69, 9.17) is 4.74 Å². The lowest BCUT2D eigenvalue weighted by molar-refractivity contribution is -0.126. The van der Waals surface area contributed by atoms with Crippen LogP contribution in [0.3, 0.4) is 0 Å². The van der Waals surface area contributed by atoms with Gasteiger partial charge in [0.1, 0.15) is 5.60 Å². The molecule has 3 aliphatic heterocycles. The first-order valence-electron chi connectivity index (χ1n) is 14.5. The largest absolute Gasteiger partial charge is 0.442 e. The highest BCUT2D eigenvalue weighted by molar-refractivity contribution is 5.97. The topological polar surface area (TPSA) is 56.3 Å². The third kappa shape index (κ3) is 6.31. The molecule has 0 aliphatic carbocycles. The van der Waals surface area contributed by atoms with Crippen molar-refractivity contribution < 1.29 is 14.3 Å². The van der Waals surface area contributed by atoms with Crippen LogP contribution in [0.2, 0.25) is 0 Å². The van der Waals surface area contributed by atoms with E-state index in [0.29, 0.717) is 12.0 Å². The van der Waals surface area contributed by atoms with Crippen molar-refractivity contribution in [2.75, 3.05) is 59.9 Å². The molecular weight excluding hydrogens is 464 g/mol. The SMILES string of the molecule is CCCCC1CN(CCN(C)C)C(=O)OC12CCN(C1CCN(C(=O)c3c(C)cccc3C)CC1)CC2. The van der Waals surface area contributed by atoms with Crippen molar-refractivity contribution in [3.05, 3.63) is 34.9 Å². The van der Waals surface area contributed by atoms with Gasteiger partial charge in [0.15, 0.2) is 0 Å². The van der Waals surface area contributed by atoms with Crippen molar-refractivity contribution >= 4 is 12.0 Å². The second-order valence-electron chi connectivity index (χ2n) is 11.8. The van der Waals surface area contributed by atoms with Crippen LogP contribution in [0.1, 0.15) is 73.4 Å². The fourth-order valence-electron chi connectivity index (χ4n) is 6.66. The Morgan fingerprint density at radius 3 is 2.32 bits per heavy atom. The number of hydrogen-bond acceptors (Lipinski definition) is 5. The van der Waals surface area contributed by atoms with E-state index in [-0.39, 0.29) is 17.6 Å². The lowest BCUT2D eigenvalue weighted by Gasteiger charge is -2.52. The normalized spacial score (nSPS) is 23.1. The van der Waals surface area contributed by atoms with Crippen LogP contribution in [-0.4, -0.2) is 103 Å². The molecule has 1 spiro atoms. The van der Waals surface area contributed by atoms with Gasteiger partial charge in [0.05, 0.1) is 0 Å². The Kier molecular flexibility index (Phi) is 9.17. The first-order valence-corrected chi connectivity index (χ1v) is 14.5. The van der Waals surface area contributed by atoms with Crippen LogP contribution in [0.4, 0.5) is 4.79 Å². The zero-order chi connectivity index (χ0) is 26.6. The molecule has 0 bridgehead atoms. The van der Waals surface area contributed by atoms with Gasteiger partial charge in [0.2, 0.25) is 0 Å². The van der Waals surface area contributed by atoms with E-state index in [2.05, 4.69) is 16.7 Å². The average molecular weight is 513 g/mol. The van der Waals surface area contributed by atoms with Gasteiger partial charge in [-0.1, -0.05) is 38.0 Å². The molecule has 3 saturated heterocycles. The van der Waals surface area contributed by atoms with E-state index in [1.165, 1.54) is 12.8 Å². The molecule has 4 rings (SSSR count). The molecule has 0 N–H and O–H groups in total. The quantitative estimate of drug-likeness (QED) is 0.511. The number of carbonyl (C=O) groups excluding carboxylic acids is 2. The number of carbonyl (C=O) groups is 2. The summed E-state index contributed by atoms with van der Waals surface area (Å²) in [7, 11) is 4.09. The molecule has 2 amide bonds. The number of piperidine rings is 2. The smallest absolute Gasteiger partial charge is 0.410 e. The Labute approximate surface area is 224 Å². The monoisotopic (exact) mass is 512 g/mol. The van der Waals surface area contributed by atoms with Gasteiger partial charge in [-0.15, -0.1) is 0 Å². The van der Waals surface area contributed by atoms with Gasteiger partial charge in [-0.2, -0.15) is 0 Å². The predicted molar refractivity (Wildman–Crippen MR) is 148 cm³/mol. The molecule has 1 atom stereocenters.